The van der Waals surface area contributed by atoms with Crippen LogP contribution in [0.25, 0.3) is 11.1 Å². The summed E-state index contributed by atoms with van der Waals surface area (Å²) in [6.07, 6.45) is 2.20. The first-order chi connectivity index (χ1) is 12.6. The Morgan fingerprint density at radius 1 is 1.27 bits per heavy atom. The van der Waals surface area contributed by atoms with Crippen molar-refractivity contribution in [3.05, 3.63) is 52.5 Å². The first-order valence-electron chi connectivity index (χ1n) is 9.05. The number of aryl methyl sites for hydroxylation is 1. The van der Waals surface area contributed by atoms with Crippen LogP contribution >= 0.6 is 11.6 Å². The lowest BCUT2D eigenvalue weighted by molar-refractivity contribution is -0.130. The van der Waals surface area contributed by atoms with Gasteiger partial charge in [-0.2, -0.15) is 0 Å². The maximum absolute atomic E-state index is 12.1. The van der Waals surface area contributed by atoms with Crippen molar-refractivity contribution < 1.29 is 14.3 Å². The van der Waals surface area contributed by atoms with Crippen LogP contribution in [0.5, 0.6) is 5.75 Å². The molecule has 0 bridgehead atoms. The van der Waals surface area contributed by atoms with Crippen LogP contribution in [-0.2, 0) is 16.0 Å². The number of carbonyl (C=O) groups is 1. The van der Waals surface area contributed by atoms with E-state index in [1.54, 1.807) is 0 Å². The molecule has 0 saturated carbocycles. The predicted octanol–water partition coefficient (Wildman–Crippen LogP) is 3.91. The fraction of sp³-hybridized carbons (Fsp3) is 0.381. The summed E-state index contributed by atoms with van der Waals surface area (Å²) in [5.41, 5.74) is 4.54. The maximum Gasteiger partial charge on any atom is 0.249 e. The molecule has 2 aliphatic heterocycles. The SMILES string of the molecule is Cc1cc2c(c(-c3ccc(Cl)cc3)c1)O[C@H](CNC(=O)[C@H]1CCCO1)C2. The summed E-state index contributed by atoms with van der Waals surface area (Å²) < 4.78 is 11.6. The van der Waals surface area contributed by atoms with Crippen molar-refractivity contribution in [2.24, 2.45) is 0 Å². The minimum atomic E-state index is -0.300. The zero-order valence-electron chi connectivity index (χ0n) is 14.8. The molecule has 4 rings (SSSR count). The predicted molar refractivity (Wildman–Crippen MR) is 102 cm³/mol. The molecule has 4 nitrogen and oxygen atoms in total. The van der Waals surface area contributed by atoms with Crippen LogP contribution in [-0.4, -0.2) is 31.3 Å². The number of hydrogen-bond donors (Lipinski definition) is 1. The van der Waals surface area contributed by atoms with Crippen LogP contribution in [0.4, 0.5) is 0 Å². The van der Waals surface area contributed by atoms with Crippen LogP contribution in [0.2, 0.25) is 5.02 Å². The Morgan fingerprint density at radius 3 is 2.81 bits per heavy atom. The van der Waals surface area contributed by atoms with E-state index in [2.05, 4.69) is 24.4 Å². The van der Waals surface area contributed by atoms with E-state index in [1.807, 2.05) is 24.3 Å². The van der Waals surface area contributed by atoms with Crippen LogP contribution in [0.3, 0.4) is 0 Å². The summed E-state index contributed by atoms with van der Waals surface area (Å²) in [6.45, 7) is 3.26. The van der Waals surface area contributed by atoms with Gasteiger partial charge in [-0.05, 0) is 54.7 Å². The van der Waals surface area contributed by atoms with Crippen molar-refractivity contribution in [1.82, 2.24) is 5.32 Å². The van der Waals surface area contributed by atoms with Gasteiger partial charge in [-0.3, -0.25) is 4.79 Å². The lowest BCUT2D eigenvalue weighted by Gasteiger charge is -2.15. The molecule has 0 unspecified atom stereocenters. The molecule has 136 valence electrons. The molecule has 1 N–H and O–H groups in total. The topological polar surface area (TPSA) is 47.6 Å². The summed E-state index contributed by atoms with van der Waals surface area (Å²) >= 11 is 6.01. The quantitative estimate of drug-likeness (QED) is 0.886. The first kappa shape index (κ1) is 17.4. The van der Waals surface area contributed by atoms with Crippen LogP contribution in [0.1, 0.15) is 24.0 Å². The van der Waals surface area contributed by atoms with E-state index in [0.29, 0.717) is 18.2 Å². The highest BCUT2D eigenvalue weighted by Crippen LogP contribution is 2.40. The fourth-order valence-corrected chi connectivity index (χ4v) is 3.79. The van der Waals surface area contributed by atoms with Gasteiger partial charge in [-0.1, -0.05) is 29.8 Å². The molecule has 0 radical (unpaired) electrons. The average molecular weight is 372 g/mol. The Labute approximate surface area is 158 Å². The summed E-state index contributed by atoms with van der Waals surface area (Å²) in [5, 5.41) is 3.69. The molecule has 5 heteroatoms. The minimum Gasteiger partial charge on any atom is -0.487 e. The number of fused-ring (bicyclic) bond motifs is 1. The van der Waals surface area contributed by atoms with Crippen molar-refractivity contribution in [2.75, 3.05) is 13.2 Å². The molecule has 2 heterocycles. The van der Waals surface area contributed by atoms with Gasteiger partial charge in [0.1, 0.15) is 18.0 Å². The molecule has 0 aromatic heterocycles. The Kier molecular flexibility index (Phi) is 4.88. The van der Waals surface area contributed by atoms with E-state index in [-0.39, 0.29) is 18.1 Å². The number of amides is 1. The van der Waals surface area contributed by atoms with Gasteiger partial charge in [0.2, 0.25) is 5.91 Å². The second-order valence-corrected chi connectivity index (χ2v) is 7.43. The number of hydrogen-bond acceptors (Lipinski definition) is 3. The van der Waals surface area contributed by atoms with Crippen molar-refractivity contribution in [2.45, 2.75) is 38.4 Å². The van der Waals surface area contributed by atoms with Gasteiger partial charge in [0.15, 0.2) is 0 Å². The highest BCUT2D eigenvalue weighted by Gasteiger charge is 2.29. The molecule has 2 aromatic carbocycles. The van der Waals surface area contributed by atoms with Gasteiger partial charge in [-0.25, -0.2) is 0 Å². The third kappa shape index (κ3) is 3.57. The lowest BCUT2D eigenvalue weighted by Crippen LogP contribution is -2.40. The van der Waals surface area contributed by atoms with Gasteiger partial charge in [0, 0.05) is 23.6 Å². The molecule has 0 aliphatic carbocycles. The fourth-order valence-electron chi connectivity index (χ4n) is 3.66. The second-order valence-electron chi connectivity index (χ2n) is 7.00. The molecule has 1 saturated heterocycles. The summed E-state index contributed by atoms with van der Waals surface area (Å²) in [7, 11) is 0. The van der Waals surface area contributed by atoms with Crippen molar-refractivity contribution in [3.8, 4) is 16.9 Å². The number of halogens is 1. The maximum atomic E-state index is 12.1. The van der Waals surface area contributed by atoms with E-state index in [9.17, 15) is 4.79 Å². The molecule has 2 aromatic rings. The summed E-state index contributed by atoms with van der Waals surface area (Å²) in [4.78, 5) is 12.1. The molecule has 2 aliphatic rings. The lowest BCUT2D eigenvalue weighted by atomic mass is 9.98. The van der Waals surface area contributed by atoms with Crippen LogP contribution < -0.4 is 10.1 Å². The smallest absolute Gasteiger partial charge is 0.249 e. The van der Waals surface area contributed by atoms with Crippen LogP contribution in [0, 0.1) is 6.92 Å². The van der Waals surface area contributed by atoms with Gasteiger partial charge >= 0.3 is 0 Å². The number of ether oxygens (including phenoxy) is 2. The number of carbonyl (C=O) groups excluding carboxylic acids is 1. The van der Waals surface area contributed by atoms with E-state index < -0.39 is 0 Å². The van der Waals surface area contributed by atoms with E-state index >= 15 is 0 Å². The van der Waals surface area contributed by atoms with E-state index in [0.717, 1.165) is 36.1 Å². The summed E-state index contributed by atoms with van der Waals surface area (Å²) in [6, 6.07) is 12.1. The van der Waals surface area contributed by atoms with Crippen molar-refractivity contribution in [3.63, 3.8) is 0 Å². The molecular weight excluding hydrogens is 350 g/mol. The second kappa shape index (κ2) is 7.29. The standard InChI is InChI=1S/C21H22ClNO3/c1-13-9-15-11-17(12-23-21(24)19-3-2-8-25-19)26-20(15)18(10-13)14-4-6-16(22)7-5-14/h4-7,9-10,17,19H,2-3,8,11-12H2,1H3,(H,23,24)/t17-,19+/m0/s1. The third-order valence-corrected chi connectivity index (χ3v) is 5.18. The molecular formula is C21H22ClNO3. The van der Waals surface area contributed by atoms with Gasteiger partial charge in [0.25, 0.3) is 0 Å². The van der Waals surface area contributed by atoms with E-state index in [4.69, 9.17) is 21.1 Å². The average Bonchev–Trinajstić information content (AvgIpc) is 3.29. The normalized spacial score (nSPS) is 21.3. The molecule has 26 heavy (non-hydrogen) atoms. The zero-order valence-corrected chi connectivity index (χ0v) is 15.5. The third-order valence-electron chi connectivity index (χ3n) is 4.92. The van der Waals surface area contributed by atoms with Gasteiger partial charge in [-0.15, -0.1) is 0 Å². The number of rotatable bonds is 4. The van der Waals surface area contributed by atoms with E-state index in [1.165, 1.54) is 11.1 Å². The zero-order chi connectivity index (χ0) is 18.1. The highest BCUT2D eigenvalue weighted by atomic mass is 35.5. The molecule has 0 spiro atoms. The molecule has 1 amide bonds. The Bertz CT molecular complexity index is 813. The largest absolute Gasteiger partial charge is 0.487 e. The Balaban J connectivity index is 1.48. The van der Waals surface area contributed by atoms with Crippen molar-refractivity contribution in [1.29, 1.82) is 0 Å². The van der Waals surface area contributed by atoms with Crippen molar-refractivity contribution >= 4 is 17.5 Å². The number of benzene rings is 2. The van der Waals surface area contributed by atoms with Gasteiger partial charge in [0.05, 0.1) is 6.54 Å². The minimum absolute atomic E-state index is 0.0313. The monoisotopic (exact) mass is 371 g/mol. The highest BCUT2D eigenvalue weighted by molar-refractivity contribution is 6.30. The van der Waals surface area contributed by atoms with Gasteiger partial charge < -0.3 is 14.8 Å². The number of nitrogens with one attached hydrogen (secondary N) is 1. The Hall–Kier alpha value is -2.04. The molecule has 2 atom stereocenters. The molecule has 1 fully saturated rings. The van der Waals surface area contributed by atoms with Crippen LogP contribution in [0.15, 0.2) is 36.4 Å². The summed E-state index contributed by atoms with van der Waals surface area (Å²) in [5.74, 6) is 0.880. The first-order valence-corrected chi connectivity index (χ1v) is 9.43. The Morgan fingerprint density at radius 2 is 2.08 bits per heavy atom.